The molecule has 1 amide bonds. The van der Waals surface area contributed by atoms with Crippen LogP contribution in [-0.2, 0) is 12.8 Å². The number of fused-ring (bicyclic) bond motifs is 1. The number of benzene rings is 2. The summed E-state index contributed by atoms with van der Waals surface area (Å²) < 4.78 is 5.98. The number of hydrogen-bond donors (Lipinski definition) is 1. The van der Waals surface area contributed by atoms with Crippen molar-refractivity contribution in [3.8, 4) is 0 Å². The summed E-state index contributed by atoms with van der Waals surface area (Å²) in [5, 5.41) is 5.27. The van der Waals surface area contributed by atoms with E-state index in [9.17, 15) is 4.79 Å². The van der Waals surface area contributed by atoms with Crippen LogP contribution in [0.1, 0.15) is 53.8 Å². The topological polar surface area (TPSA) is 54.6 Å². The van der Waals surface area contributed by atoms with Crippen LogP contribution >= 0.6 is 34.7 Å². The molecule has 2 aromatic heterocycles. The number of hydrogen-bond acceptors (Lipinski definition) is 5. The van der Waals surface area contributed by atoms with Crippen molar-refractivity contribution in [3.05, 3.63) is 93.5 Å². The van der Waals surface area contributed by atoms with Crippen LogP contribution in [0, 0.1) is 11.3 Å². The van der Waals surface area contributed by atoms with Crippen molar-refractivity contribution in [2.75, 3.05) is 5.32 Å². The van der Waals surface area contributed by atoms with Crippen LogP contribution in [-0.4, -0.2) is 12.1 Å². The third kappa shape index (κ3) is 6.20. The molecule has 1 atom stereocenters. The van der Waals surface area contributed by atoms with Crippen LogP contribution in [0.3, 0.4) is 0 Å². The molecule has 0 unspecified atom stereocenters. The van der Waals surface area contributed by atoms with Gasteiger partial charge in [-0.15, -0.1) is 11.3 Å². The molecule has 5 rings (SSSR count). The highest BCUT2D eigenvalue weighted by atomic mass is 35.5. The van der Waals surface area contributed by atoms with Crippen molar-refractivity contribution in [1.82, 2.24) is 0 Å². The van der Waals surface area contributed by atoms with Crippen molar-refractivity contribution < 1.29 is 9.21 Å². The largest absolute Gasteiger partial charge is 0.449 e. The standard InChI is InChI=1S/C30H29ClN2O2S2/c1-30(2,3)19-9-15-24-25(17-19)37-29(27(24)28(34)33-21-7-5-4-6-8-21)32-18-22-12-16-26(35-22)36-23-13-10-20(31)11-14-23/h4-8,10-14,16,18-19H,9,15,17H2,1-3H3,(H,33,34)/t19-/m0/s1. The molecular weight excluding hydrogens is 520 g/mol. The minimum atomic E-state index is -0.108. The highest BCUT2D eigenvalue weighted by molar-refractivity contribution is 7.99. The summed E-state index contributed by atoms with van der Waals surface area (Å²) in [6, 6.07) is 21.0. The van der Waals surface area contributed by atoms with Crippen LogP contribution in [0.5, 0.6) is 0 Å². The molecule has 2 aromatic carbocycles. The summed E-state index contributed by atoms with van der Waals surface area (Å²) in [6.07, 6.45) is 4.66. The summed E-state index contributed by atoms with van der Waals surface area (Å²) in [7, 11) is 0. The molecule has 1 aliphatic carbocycles. The number of furan rings is 1. The molecule has 0 saturated heterocycles. The summed E-state index contributed by atoms with van der Waals surface area (Å²) in [6.45, 7) is 6.90. The van der Waals surface area contributed by atoms with E-state index in [0.717, 1.165) is 45.5 Å². The Balaban J connectivity index is 1.41. The molecule has 1 N–H and O–H groups in total. The molecule has 0 spiro atoms. The number of thiophene rings is 1. The monoisotopic (exact) mass is 548 g/mol. The third-order valence-electron chi connectivity index (χ3n) is 6.67. The second-order valence-corrected chi connectivity index (χ2v) is 12.9. The Kier molecular flexibility index (Phi) is 7.61. The fourth-order valence-electron chi connectivity index (χ4n) is 4.55. The van der Waals surface area contributed by atoms with Gasteiger partial charge < -0.3 is 9.73 Å². The van der Waals surface area contributed by atoms with Gasteiger partial charge in [-0.05, 0) is 84.7 Å². The molecule has 1 aliphatic rings. The maximum absolute atomic E-state index is 13.5. The molecule has 190 valence electrons. The van der Waals surface area contributed by atoms with Gasteiger partial charge in [0.2, 0.25) is 0 Å². The smallest absolute Gasteiger partial charge is 0.259 e. The predicted molar refractivity (Wildman–Crippen MR) is 155 cm³/mol. The van der Waals surface area contributed by atoms with Gasteiger partial charge in [0.25, 0.3) is 5.91 Å². The van der Waals surface area contributed by atoms with E-state index in [0.29, 0.717) is 22.3 Å². The van der Waals surface area contributed by atoms with E-state index in [2.05, 4.69) is 26.1 Å². The molecule has 0 aliphatic heterocycles. The van der Waals surface area contributed by atoms with Gasteiger partial charge in [-0.1, -0.05) is 62.3 Å². The molecule has 0 radical (unpaired) electrons. The summed E-state index contributed by atoms with van der Waals surface area (Å²) in [4.78, 5) is 20.6. The number of amides is 1. The first-order valence-corrected chi connectivity index (χ1v) is 14.4. The van der Waals surface area contributed by atoms with Gasteiger partial charge in [0.1, 0.15) is 10.8 Å². The average Bonchev–Trinajstić information content (AvgIpc) is 3.47. The fourth-order valence-corrected chi connectivity index (χ4v) is 6.72. The SMILES string of the molecule is CC(C)(C)[C@H]1CCc2c(sc(N=Cc3ccc(Sc4ccc(Cl)cc4)o3)c2C(=O)Nc2ccccc2)C1. The first-order chi connectivity index (χ1) is 17.8. The highest BCUT2D eigenvalue weighted by Crippen LogP contribution is 2.45. The minimum absolute atomic E-state index is 0.108. The van der Waals surface area contributed by atoms with Crippen LogP contribution in [0.4, 0.5) is 10.7 Å². The fraction of sp³-hybridized carbons (Fsp3) is 0.267. The molecule has 0 saturated carbocycles. The number of para-hydroxylation sites is 1. The first kappa shape index (κ1) is 25.8. The highest BCUT2D eigenvalue weighted by Gasteiger charge is 2.33. The van der Waals surface area contributed by atoms with Gasteiger partial charge in [0.15, 0.2) is 5.09 Å². The first-order valence-electron chi connectivity index (χ1n) is 12.3. The van der Waals surface area contributed by atoms with Gasteiger partial charge in [0, 0.05) is 20.5 Å². The second-order valence-electron chi connectivity index (χ2n) is 10.3. The molecule has 37 heavy (non-hydrogen) atoms. The predicted octanol–water partition coefficient (Wildman–Crippen LogP) is 9.30. The van der Waals surface area contributed by atoms with Crippen LogP contribution in [0.25, 0.3) is 0 Å². The van der Waals surface area contributed by atoms with Gasteiger partial charge in [-0.25, -0.2) is 4.99 Å². The number of rotatable bonds is 6. The van der Waals surface area contributed by atoms with Crippen molar-refractivity contribution in [3.63, 3.8) is 0 Å². The number of halogens is 1. The maximum atomic E-state index is 13.5. The Morgan fingerprint density at radius 2 is 1.86 bits per heavy atom. The van der Waals surface area contributed by atoms with E-state index in [-0.39, 0.29) is 11.3 Å². The number of carbonyl (C=O) groups is 1. The minimum Gasteiger partial charge on any atom is -0.449 e. The van der Waals surface area contributed by atoms with E-state index in [1.54, 1.807) is 17.6 Å². The van der Waals surface area contributed by atoms with Gasteiger partial charge in [-0.3, -0.25) is 4.79 Å². The zero-order chi connectivity index (χ0) is 26.0. The van der Waals surface area contributed by atoms with Gasteiger partial charge >= 0.3 is 0 Å². The van der Waals surface area contributed by atoms with Crippen LogP contribution in [0.15, 0.2) is 86.1 Å². The van der Waals surface area contributed by atoms with Gasteiger partial charge in [0.05, 0.1) is 11.8 Å². The zero-order valence-electron chi connectivity index (χ0n) is 21.1. The lowest BCUT2D eigenvalue weighted by Crippen LogP contribution is -2.27. The van der Waals surface area contributed by atoms with E-state index in [1.165, 1.54) is 16.6 Å². The van der Waals surface area contributed by atoms with E-state index >= 15 is 0 Å². The van der Waals surface area contributed by atoms with Crippen molar-refractivity contribution in [2.45, 2.75) is 50.0 Å². The Morgan fingerprint density at radius 1 is 1.11 bits per heavy atom. The van der Waals surface area contributed by atoms with Gasteiger partial charge in [-0.2, -0.15) is 0 Å². The van der Waals surface area contributed by atoms with E-state index in [4.69, 9.17) is 21.0 Å². The number of nitrogens with zero attached hydrogens (tertiary/aromatic N) is 1. The van der Waals surface area contributed by atoms with Crippen molar-refractivity contribution >= 4 is 57.5 Å². The van der Waals surface area contributed by atoms with Crippen molar-refractivity contribution in [2.24, 2.45) is 16.3 Å². The number of carbonyl (C=O) groups excluding carboxylic acids is 1. The lowest BCUT2D eigenvalue weighted by Gasteiger charge is -2.33. The Bertz CT molecular complexity index is 1420. The Morgan fingerprint density at radius 3 is 2.59 bits per heavy atom. The van der Waals surface area contributed by atoms with E-state index < -0.39 is 0 Å². The zero-order valence-corrected chi connectivity index (χ0v) is 23.5. The molecular formula is C30H29ClN2O2S2. The third-order valence-corrected chi connectivity index (χ3v) is 9.02. The molecule has 7 heteroatoms. The Hall–Kier alpha value is -2.80. The molecule has 0 fully saturated rings. The molecule has 4 aromatic rings. The van der Waals surface area contributed by atoms with E-state index in [1.807, 2.05) is 66.7 Å². The molecule has 0 bridgehead atoms. The normalized spacial score (nSPS) is 15.6. The Labute approximate surface area is 231 Å². The summed E-state index contributed by atoms with van der Waals surface area (Å²) in [5.41, 5.74) is 2.84. The average molecular weight is 549 g/mol. The number of aliphatic imine (C=N–C) groups is 1. The quantitative estimate of drug-likeness (QED) is 0.244. The lowest BCUT2D eigenvalue weighted by molar-refractivity contribution is 0.102. The van der Waals surface area contributed by atoms with Crippen LogP contribution < -0.4 is 5.32 Å². The summed E-state index contributed by atoms with van der Waals surface area (Å²) >= 11 is 9.15. The lowest BCUT2D eigenvalue weighted by atomic mass is 9.72. The van der Waals surface area contributed by atoms with Crippen molar-refractivity contribution in [1.29, 1.82) is 0 Å². The maximum Gasteiger partial charge on any atom is 0.259 e. The second kappa shape index (κ2) is 10.9. The number of nitrogens with one attached hydrogen (secondary N) is 1. The molecule has 2 heterocycles. The summed E-state index contributed by atoms with van der Waals surface area (Å²) in [5.74, 6) is 1.12. The number of anilines is 1. The molecule has 4 nitrogen and oxygen atoms in total. The van der Waals surface area contributed by atoms with Crippen LogP contribution in [0.2, 0.25) is 5.02 Å².